The molecule has 17 heavy (non-hydrogen) atoms. The summed E-state index contributed by atoms with van der Waals surface area (Å²) >= 11 is 0. The molecule has 1 aliphatic rings. The molecule has 1 rings (SSSR count). The Labute approximate surface area is 104 Å². The van der Waals surface area contributed by atoms with Gasteiger partial charge in [0.05, 0.1) is 18.0 Å². The van der Waals surface area contributed by atoms with Gasteiger partial charge in [-0.05, 0) is 19.9 Å². The van der Waals surface area contributed by atoms with Crippen LogP contribution in [0.4, 0.5) is 0 Å². The third-order valence-corrected chi connectivity index (χ3v) is 4.82. The number of hydrogen-bond acceptors (Lipinski definition) is 5. The molecule has 0 aliphatic carbocycles. The number of sulfone groups is 1. The molecule has 0 aromatic rings. The maximum absolute atomic E-state index is 11.4. The highest BCUT2D eigenvalue weighted by Crippen LogP contribution is 2.10. The van der Waals surface area contributed by atoms with Gasteiger partial charge in [0.1, 0.15) is 9.84 Å². The standard InChI is InChI=1S/C11H24N2O3S/c1-3-17(14,15)6-4-5-13-8-10(2)16-11(7-12)9-13/h10-11H,3-9,12H2,1-2H3. The Morgan fingerprint density at radius 1 is 1.41 bits per heavy atom. The van der Waals surface area contributed by atoms with Crippen molar-refractivity contribution in [2.24, 2.45) is 5.73 Å². The number of hydrogen-bond donors (Lipinski definition) is 1. The second-order valence-electron chi connectivity index (χ2n) is 4.65. The van der Waals surface area contributed by atoms with Crippen molar-refractivity contribution in [1.82, 2.24) is 4.90 Å². The molecule has 1 fully saturated rings. The molecule has 0 bridgehead atoms. The molecule has 2 atom stereocenters. The smallest absolute Gasteiger partial charge is 0.150 e. The molecule has 0 aromatic heterocycles. The van der Waals surface area contributed by atoms with Gasteiger partial charge in [0.15, 0.2) is 0 Å². The Hall–Kier alpha value is -0.170. The van der Waals surface area contributed by atoms with Gasteiger partial charge in [-0.1, -0.05) is 6.92 Å². The average Bonchev–Trinajstić information content (AvgIpc) is 2.28. The van der Waals surface area contributed by atoms with Crippen LogP contribution in [0, 0.1) is 0 Å². The first kappa shape index (κ1) is 14.9. The van der Waals surface area contributed by atoms with Gasteiger partial charge in [-0.3, -0.25) is 4.90 Å². The minimum atomic E-state index is -2.84. The van der Waals surface area contributed by atoms with Gasteiger partial charge in [-0.2, -0.15) is 0 Å². The van der Waals surface area contributed by atoms with E-state index < -0.39 is 9.84 Å². The predicted octanol–water partition coefficient (Wildman–Crippen LogP) is -0.141. The van der Waals surface area contributed by atoms with Gasteiger partial charge in [0.25, 0.3) is 0 Å². The topological polar surface area (TPSA) is 72.6 Å². The van der Waals surface area contributed by atoms with Crippen LogP contribution in [0.15, 0.2) is 0 Å². The third-order valence-electron chi connectivity index (χ3n) is 3.03. The summed E-state index contributed by atoms with van der Waals surface area (Å²) < 4.78 is 28.4. The van der Waals surface area contributed by atoms with Gasteiger partial charge in [0.2, 0.25) is 0 Å². The van der Waals surface area contributed by atoms with Crippen molar-refractivity contribution in [3.8, 4) is 0 Å². The van der Waals surface area contributed by atoms with E-state index in [4.69, 9.17) is 10.5 Å². The number of morpholine rings is 1. The van der Waals surface area contributed by atoms with Crippen molar-refractivity contribution in [3.63, 3.8) is 0 Å². The summed E-state index contributed by atoms with van der Waals surface area (Å²) in [6, 6.07) is 0. The summed E-state index contributed by atoms with van der Waals surface area (Å²) in [4.78, 5) is 2.25. The molecule has 1 heterocycles. The van der Waals surface area contributed by atoms with E-state index in [1.165, 1.54) is 0 Å². The molecule has 0 amide bonds. The SMILES string of the molecule is CCS(=O)(=O)CCCN1CC(C)OC(CN)C1. The zero-order valence-electron chi connectivity index (χ0n) is 10.8. The molecular formula is C11H24N2O3S. The predicted molar refractivity (Wildman–Crippen MR) is 68.8 cm³/mol. The van der Waals surface area contributed by atoms with Crippen molar-refractivity contribution < 1.29 is 13.2 Å². The van der Waals surface area contributed by atoms with Gasteiger partial charge in [0, 0.05) is 25.4 Å². The number of nitrogens with zero attached hydrogens (tertiary/aromatic N) is 1. The molecule has 0 spiro atoms. The number of nitrogens with two attached hydrogens (primary N) is 1. The van der Waals surface area contributed by atoms with E-state index in [-0.39, 0.29) is 23.7 Å². The Morgan fingerprint density at radius 3 is 2.71 bits per heavy atom. The lowest BCUT2D eigenvalue weighted by Gasteiger charge is -2.36. The molecule has 0 saturated carbocycles. The summed E-state index contributed by atoms with van der Waals surface area (Å²) in [6.45, 7) is 6.72. The van der Waals surface area contributed by atoms with E-state index in [1.54, 1.807) is 6.92 Å². The lowest BCUT2D eigenvalue weighted by Crippen LogP contribution is -2.49. The fourth-order valence-corrected chi connectivity index (χ4v) is 2.96. The summed E-state index contributed by atoms with van der Waals surface area (Å²) in [5, 5.41) is 0. The second-order valence-corrected chi connectivity index (χ2v) is 7.13. The Morgan fingerprint density at radius 2 is 2.12 bits per heavy atom. The molecule has 2 unspecified atom stereocenters. The molecule has 1 saturated heterocycles. The minimum Gasteiger partial charge on any atom is -0.371 e. The van der Waals surface area contributed by atoms with Crippen LogP contribution < -0.4 is 5.73 Å². The van der Waals surface area contributed by atoms with E-state index in [0.29, 0.717) is 13.0 Å². The van der Waals surface area contributed by atoms with Crippen LogP contribution in [0.3, 0.4) is 0 Å². The highest BCUT2D eigenvalue weighted by Gasteiger charge is 2.24. The lowest BCUT2D eigenvalue weighted by atomic mass is 10.2. The maximum atomic E-state index is 11.4. The van der Waals surface area contributed by atoms with E-state index >= 15 is 0 Å². The maximum Gasteiger partial charge on any atom is 0.150 e. The largest absolute Gasteiger partial charge is 0.371 e. The Kier molecular flexibility index (Phi) is 5.85. The van der Waals surface area contributed by atoms with Crippen molar-refractivity contribution in [2.75, 3.05) is 37.7 Å². The molecule has 1 aliphatic heterocycles. The first-order valence-electron chi connectivity index (χ1n) is 6.25. The first-order valence-corrected chi connectivity index (χ1v) is 8.07. The van der Waals surface area contributed by atoms with E-state index in [1.807, 2.05) is 6.92 Å². The van der Waals surface area contributed by atoms with Gasteiger partial charge in [-0.15, -0.1) is 0 Å². The summed E-state index contributed by atoms with van der Waals surface area (Å²) in [6.07, 6.45) is 0.960. The van der Waals surface area contributed by atoms with E-state index in [2.05, 4.69) is 4.90 Å². The van der Waals surface area contributed by atoms with Crippen LogP contribution in [0.25, 0.3) is 0 Å². The molecular weight excluding hydrogens is 240 g/mol. The van der Waals surface area contributed by atoms with Crippen molar-refractivity contribution in [3.05, 3.63) is 0 Å². The monoisotopic (exact) mass is 264 g/mol. The second kappa shape index (κ2) is 6.68. The van der Waals surface area contributed by atoms with Crippen LogP contribution in [0.5, 0.6) is 0 Å². The van der Waals surface area contributed by atoms with Gasteiger partial charge >= 0.3 is 0 Å². The first-order chi connectivity index (χ1) is 7.96. The Bertz CT molecular complexity index is 319. The zero-order chi connectivity index (χ0) is 12.9. The number of rotatable bonds is 6. The molecule has 5 nitrogen and oxygen atoms in total. The van der Waals surface area contributed by atoms with Gasteiger partial charge < -0.3 is 10.5 Å². The van der Waals surface area contributed by atoms with E-state index in [9.17, 15) is 8.42 Å². The van der Waals surface area contributed by atoms with Gasteiger partial charge in [-0.25, -0.2) is 8.42 Å². The van der Waals surface area contributed by atoms with Crippen molar-refractivity contribution in [1.29, 1.82) is 0 Å². The fourth-order valence-electron chi connectivity index (χ4n) is 2.11. The van der Waals surface area contributed by atoms with Crippen LogP contribution in [0.2, 0.25) is 0 Å². The quantitative estimate of drug-likeness (QED) is 0.723. The fraction of sp³-hybridized carbons (Fsp3) is 1.00. The summed E-state index contributed by atoms with van der Waals surface area (Å²) in [7, 11) is -2.84. The number of ether oxygens (including phenoxy) is 1. The van der Waals surface area contributed by atoms with Crippen LogP contribution >= 0.6 is 0 Å². The minimum absolute atomic E-state index is 0.0848. The highest BCUT2D eigenvalue weighted by atomic mass is 32.2. The Balaban J connectivity index is 2.31. The summed E-state index contributed by atoms with van der Waals surface area (Å²) in [5.41, 5.74) is 5.60. The van der Waals surface area contributed by atoms with Crippen molar-refractivity contribution in [2.45, 2.75) is 32.5 Å². The average molecular weight is 264 g/mol. The zero-order valence-corrected chi connectivity index (χ0v) is 11.6. The molecule has 6 heteroatoms. The van der Waals surface area contributed by atoms with Crippen LogP contribution in [0.1, 0.15) is 20.3 Å². The molecule has 0 aromatic carbocycles. The highest BCUT2D eigenvalue weighted by molar-refractivity contribution is 7.91. The summed E-state index contributed by atoms with van der Waals surface area (Å²) in [5.74, 6) is 0.514. The van der Waals surface area contributed by atoms with Crippen LogP contribution in [-0.2, 0) is 14.6 Å². The molecule has 0 radical (unpaired) electrons. The van der Waals surface area contributed by atoms with Crippen LogP contribution in [-0.4, -0.2) is 63.2 Å². The van der Waals surface area contributed by atoms with Crippen molar-refractivity contribution >= 4 is 9.84 Å². The normalized spacial score (nSPS) is 27.2. The third kappa shape index (κ3) is 5.33. The lowest BCUT2D eigenvalue weighted by molar-refractivity contribution is -0.0717. The molecule has 2 N–H and O–H groups in total. The molecule has 102 valence electrons. The van der Waals surface area contributed by atoms with E-state index in [0.717, 1.165) is 19.6 Å².